The third-order valence-electron chi connectivity index (χ3n) is 3.80. The average molecular weight is 521 g/mol. The van der Waals surface area contributed by atoms with Crippen molar-refractivity contribution in [1.82, 2.24) is 4.90 Å². The smallest absolute Gasteiger partial charge is 0.390 e. The molecule has 1 saturated heterocycles. The molecule has 0 aromatic carbocycles. The molecule has 0 aromatic heterocycles. The summed E-state index contributed by atoms with van der Waals surface area (Å²) >= 11 is 0. The lowest BCUT2D eigenvalue weighted by atomic mass is 10.2. The average Bonchev–Trinajstić information content (AvgIpc) is 3.09. The molecule has 3 aliphatic heterocycles. The number of hydrogen-bond acceptors (Lipinski definition) is 12. The van der Waals surface area contributed by atoms with Crippen LogP contribution in [0.2, 0.25) is 0 Å². The quantitative estimate of drug-likeness (QED) is 0.187. The number of aliphatic hydroxyl groups excluding tert-OH is 1. The van der Waals surface area contributed by atoms with Crippen LogP contribution in [0.15, 0.2) is 15.0 Å². The zero-order valence-electron chi connectivity index (χ0n) is 15.3. The van der Waals surface area contributed by atoms with Crippen LogP contribution in [-0.2, 0) is 36.4 Å². The molecule has 0 saturated carbocycles. The summed E-state index contributed by atoms with van der Waals surface area (Å²) < 4.78 is 50.6. The highest BCUT2D eigenvalue weighted by molar-refractivity contribution is 7.66. The number of hydrogen-bond donors (Lipinski definition) is 6. The summed E-state index contributed by atoms with van der Waals surface area (Å²) in [5.41, 5.74) is 4.99. The molecule has 7 N–H and O–H groups in total. The van der Waals surface area contributed by atoms with E-state index in [1.807, 2.05) is 0 Å². The van der Waals surface area contributed by atoms with Crippen molar-refractivity contribution in [3.8, 4) is 0 Å². The molecule has 0 spiro atoms. The summed E-state index contributed by atoms with van der Waals surface area (Å²) in [4.78, 5) is 70.8. The minimum atomic E-state index is -5.72. The number of ether oxygens (including phenoxy) is 1. The van der Waals surface area contributed by atoms with Gasteiger partial charge in [0.15, 0.2) is 11.5 Å². The predicted molar refractivity (Wildman–Crippen MR) is 97.8 cm³/mol. The first kappa shape index (κ1) is 24.9. The number of carbonyl (C=O) groups is 2. The summed E-state index contributed by atoms with van der Waals surface area (Å²) in [6, 6.07) is -0.984. The van der Waals surface area contributed by atoms with Crippen molar-refractivity contribution in [2.75, 3.05) is 6.61 Å². The van der Waals surface area contributed by atoms with E-state index >= 15 is 0 Å². The van der Waals surface area contributed by atoms with Gasteiger partial charge in [-0.2, -0.15) is 23.6 Å². The maximum absolute atomic E-state index is 12.2. The largest absolute Gasteiger partial charge is 0.490 e. The fourth-order valence-electron chi connectivity index (χ4n) is 2.70. The standard InChI is InChI=1S/C10H14N5O14P3/c11-9-13-7-6(8(17)14-9)12-10(18)15(7)5-1-3(16)4(27-5)2-26-31(22,23)29-32(24,25)28-30(19,20)21/h3-5,16H,1-2H2,(H,22,23)(H,24,25)(H2,11,14,17)(H2,19,20,21)/t3-,4+,5+/m0/s1. The van der Waals surface area contributed by atoms with Crippen LogP contribution >= 0.6 is 23.5 Å². The highest BCUT2D eigenvalue weighted by Gasteiger charge is 2.48. The lowest BCUT2D eigenvalue weighted by Gasteiger charge is -2.24. The first-order valence-electron chi connectivity index (χ1n) is 8.08. The number of nitrogens with two attached hydrogens (primary N) is 1. The molecule has 5 atom stereocenters. The number of phosphoric acid groups is 3. The maximum Gasteiger partial charge on any atom is 0.490 e. The van der Waals surface area contributed by atoms with E-state index in [1.165, 1.54) is 0 Å². The van der Waals surface area contributed by atoms with Crippen molar-refractivity contribution in [3.63, 3.8) is 0 Å². The number of phosphoric ester groups is 1. The zero-order valence-corrected chi connectivity index (χ0v) is 17.9. The Labute approximate surface area is 176 Å². The Kier molecular flexibility index (Phi) is 6.67. The molecule has 22 heteroatoms. The lowest BCUT2D eigenvalue weighted by molar-refractivity contribution is -0.111. The van der Waals surface area contributed by atoms with Crippen LogP contribution in [0.5, 0.6) is 0 Å². The molecule has 3 heterocycles. The number of amides is 3. The second kappa shape index (κ2) is 8.57. The Morgan fingerprint density at radius 2 is 1.72 bits per heavy atom. The second-order valence-corrected chi connectivity index (χ2v) is 10.6. The Morgan fingerprint density at radius 3 is 2.34 bits per heavy atom. The highest BCUT2D eigenvalue weighted by Crippen LogP contribution is 2.66. The number of fused-ring (bicyclic) bond motifs is 1. The monoisotopic (exact) mass is 521 g/mol. The number of aliphatic hydroxyl groups is 1. The van der Waals surface area contributed by atoms with E-state index in [1.54, 1.807) is 0 Å². The zero-order chi connectivity index (χ0) is 24.1. The second-order valence-electron chi connectivity index (χ2n) is 6.14. The van der Waals surface area contributed by atoms with E-state index in [0.29, 0.717) is 0 Å². The topological polar surface area (TPSA) is 290 Å². The van der Waals surface area contributed by atoms with Gasteiger partial charge in [-0.1, -0.05) is 0 Å². The van der Waals surface area contributed by atoms with Crippen LogP contribution in [0.25, 0.3) is 0 Å². The van der Waals surface area contributed by atoms with Gasteiger partial charge in [0.2, 0.25) is 5.96 Å². The minimum absolute atomic E-state index is 0.279. The SMILES string of the molecule is NC1=NC(=O)C2=NC(=O)N([C@H]3C[C@H](O)[C@@H](COP(=O)(O)OP(=O)(O)OP(=O)(O)O)O3)C2=N1. The van der Waals surface area contributed by atoms with Gasteiger partial charge in [0, 0.05) is 6.42 Å². The van der Waals surface area contributed by atoms with Crippen molar-refractivity contribution in [2.45, 2.75) is 24.9 Å². The van der Waals surface area contributed by atoms with E-state index in [0.717, 1.165) is 4.90 Å². The van der Waals surface area contributed by atoms with Crippen molar-refractivity contribution in [3.05, 3.63) is 0 Å². The van der Waals surface area contributed by atoms with E-state index in [9.17, 15) is 33.3 Å². The van der Waals surface area contributed by atoms with Crippen LogP contribution in [0, 0.1) is 0 Å². The van der Waals surface area contributed by atoms with Gasteiger partial charge in [0.25, 0.3) is 0 Å². The third kappa shape index (κ3) is 5.79. The molecular weight excluding hydrogens is 507 g/mol. The van der Waals surface area contributed by atoms with Gasteiger partial charge in [-0.05, 0) is 0 Å². The van der Waals surface area contributed by atoms with Crippen LogP contribution in [-0.4, -0.2) is 84.1 Å². The molecule has 178 valence electrons. The molecule has 19 nitrogen and oxygen atoms in total. The van der Waals surface area contributed by atoms with Gasteiger partial charge in [-0.15, -0.1) is 0 Å². The van der Waals surface area contributed by atoms with E-state index < -0.39 is 72.1 Å². The van der Waals surface area contributed by atoms with Gasteiger partial charge < -0.3 is 35.2 Å². The number of carbonyl (C=O) groups excluding carboxylic acids is 2. The van der Waals surface area contributed by atoms with Crippen molar-refractivity contribution >= 4 is 52.9 Å². The number of urea groups is 1. The summed E-state index contributed by atoms with van der Waals surface area (Å²) in [7, 11) is -16.7. The molecule has 3 amide bonds. The molecule has 3 aliphatic rings. The predicted octanol–water partition coefficient (Wildman–Crippen LogP) is -2.06. The van der Waals surface area contributed by atoms with Crippen molar-refractivity contribution < 1.29 is 65.8 Å². The summed E-state index contributed by atoms with van der Waals surface area (Å²) in [5.74, 6) is -1.66. The van der Waals surface area contributed by atoms with Gasteiger partial charge in [-0.3, -0.25) is 9.32 Å². The third-order valence-corrected chi connectivity index (χ3v) is 7.61. The molecular formula is C10H14N5O14P3. The summed E-state index contributed by atoms with van der Waals surface area (Å²) in [6.45, 7) is -0.952. The van der Waals surface area contributed by atoms with E-state index in [2.05, 4.69) is 28.1 Å². The number of nitrogens with zero attached hydrogens (tertiary/aromatic N) is 4. The Balaban J connectivity index is 1.64. The van der Waals surface area contributed by atoms with Gasteiger partial charge in [0.1, 0.15) is 12.3 Å². The van der Waals surface area contributed by atoms with Crippen LogP contribution in [0.1, 0.15) is 6.42 Å². The van der Waals surface area contributed by atoms with Crippen molar-refractivity contribution in [2.24, 2.45) is 20.7 Å². The van der Waals surface area contributed by atoms with Gasteiger partial charge in [0.05, 0.1) is 12.7 Å². The Morgan fingerprint density at radius 1 is 1.06 bits per heavy atom. The van der Waals surface area contributed by atoms with E-state index in [-0.39, 0.29) is 12.3 Å². The normalized spacial score (nSPS) is 29.7. The van der Waals surface area contributed by atoms with Crippen LogP contribution in [0.4, 0.5) is 4.79 Å². The maximum atomic E-state index is 12.2. The molecule has 0 bridgehead atoms. The number of aliphatic imine (C=N–C) groups is 3. The first-order valence-corrected chi connectivity index (χ1v) is 12.6. The molecule has 0 aromatic rings. The summed E-state index contributed by atoms with van der Waals surface area (Å²) in [6.07, 6.45) is -4.41. The summed E-state index contributed by atoms with van der Waals surface area (Å²) in [5, 5.41) is 10.1. The lowest BCUT2D eigenvalue weighted by Crippen LogP contribution is -2.45. The molecule has 32 heavy (non-hydrogen) atoms. The Hall–Kier alpha value is -1.72. The first-order chi connectivity index (χ1) is 14.6. The minimum Gasteiger partial charge on any atom is -0.390 e. The van der Waals surface area contributed by atoms with Gasteiger partial charge >= 0.3 is 35.4 Å². The molecule has 0 aliphatic carbocycles. The molecule has 0 radical (unpaired) electrons. The van der Waals surface area contributed by atoms with E-state index in [4.69, 9.17) is 25.2 Å². The van der Waals surface area contributed by atoms with Crippen molar-refractivity contribution in [1.29, 1.82) is 0 Å². The molecule has 2 unspecified atom stereocenters. The van der Waals surface area contributed by atoms with Gasteiger partial charge in [-0.25, -0.2) is 23.4 Å². The highest BCUT2D eigenvalue weighted by atomic mass is 31.3. The fourth-order valence-corrected chi connectivity index (χ4v) is 5.73. The Bertz CT molecular complexity index is 1080. The number of amidine groups is 1. The number of guanidine groups is 1. The van der Waals surface area contributed by atoms with Crippen LogP contribution in [0.3, 0.4) is 0 Å². The van der Waals surface area contributed by atoms with Crippen LogP contribution < -0.4 is 5.73 Å². The molecule has 1 fully saturated rings. The molecule has 3 rings (SSSR count). The fraction of sp³-hybridized carbons (Fsp3) is 0.500. The number of rotatable bonds is 8.